The van der Waals surface area contributed by atoms with Crippen LogP contribution in [0.1, 0.15) is 60.4 Å². The Labute approximate surface area is 230 Å². The second-order valence-corrected chi connectivity index (χ2v) is 12.0. The van der Waals surface area contributed by atoms with Gasteiger partial charge >= 0.3 is 0 Å². The maximum Gasteiger partial charge on any atom is 0.270 e. The summed E-state index contributed by atoms with van der Waals surface area (Å²) in [5.41, 5.74) is 8.28. The number of rotatable bonds is 13. The summed E-state index contributed by atoms with van der Waals surface area (Å²) in [6.07, 6.45) is 2.28. The second-order valence-electron chi connectivity index (χ2n) is 10.1. The van der Waals surface area contributed by atoms with Gasteiger partial charge in [-0.2, -0.15) is 0 Å². The van der Waals surface area contributed by atoms with Gasteiger partial charge in [-0.05, 0) is 67.6 Å². The van der Waals surface area contributed by atoms with E-state index in [1.807, 2.05) is 44.2 Å². The molecule has 0 fully saturated rings. The van der Waals surface area contributed by atoms with Gasteiger partial charge in [-0.25, -0.2) is 17.8 Å². The zero-order valence-corrected chi connectivity index (χ0v) is 23.7. The summed E-state index contributed by atoms with van der Waals surface area (Å²) in [5.74, 6) is -0.724. The minimum atomic E-state index is -3.64. The number of nitrogens with two attached hydrogens (primary N) is 1. The molecule has 0 aliphatic carbocycles. The predicted octanol–water partition coefficient (Wildman–Crippen LogP) is 4.36. The summed E-state index contributed by atoms with van der Waals surface area (Å²) < 4.78 is 45.5. The summed E-state index contributed by atoms with van der Waals surface area (Å²) in [5, 5.41) is 2.85. The first-order valence-electron chi connectivity index (χ1n) is 12.8. The van der Waals surface area contributed by atoms with Crippen LogP contribution in [0.3, 0.4) is 0 Å². The van der Waals surface area contributed by atoms with Crippen LogP contribution in [-0.2, 0) is 27.8 Å². The van der Waals surface area contributed by atoms with Gasteiger partial charge in [0.2, 0.25) is 10.0 Å². The number of amides is 1. The van der Waals surface area contributed by atoms with Gasteiger partial charge in [0.25, 0.3) is 5.91 Å². The van der Waals surface area contributed by atoms with E-state index in [2.05, 4.69) is 10.3 Å². The first kappa shape index (κ1) is 30.2. The quantitative estimate of drug-likeness (QED) is 0.323. The predicted molar refractivity (Wildman–Crippen MR) is 151 cm³/mol. The lowest BCUT2D eigenvalue weighted by molar-refractivity contribution is 0.0789. The molecule has 0 aliphatic rings. The van der Waals surface area contributed by atoms with E-state index in [1.54, 1.807) is 31.2 Å². The Balaban J connectivity index is 1.82. The summed E-state index contributed by atoms with van der Waals surface area (Å²) >= 11 is 0. The maximum absolute atomic E-state index is 13.3. The van der Waals surface area contributed by atoms with Crippen LogP contribution in [0.2, 0.25) is 0 Å². The molecule has 210 valence electrons. The highest BCUT2D eigenvalue weighted by atomic mass is 32.2. The van der Waals surface area contributed by atoms with Crippen LogP contribution >= 0.6 is 0 Å². The van der Waals surface area contributed by atoms with Crippen LogP contribution in [-0.4, -0.2) is 44.3 Å². The molecule has 39 heavy (non-hydrogen) atoms. The van der Waals surface area contributed by atoms with Crippen molar-refractivity contribution in [3.8, 4) is 0 Å². The largest absolute Gasteiger partial charge is 0.375 e. The van der Waals surface area contributed by atoms with Crippen molar-refractivity contribution >= 4 is 21.7 Å². The molecule has 2 unspecified atom stereocenters. The van der Waals surface area contributed by atoms with E-state index in [-0.39, 0.29) is 37.1 Å². The van der Waals surface area contributed by atoms with Crippen LogP contribution in [0.25, 0.3) is 0 Å². The number of benzene rings is 2. The summed E-state index contributed by atoms with van der Waals surface area (Å²) in [4.78, 5) is 17.6. The van der Waals surface area contributed by atoms with E-state index in [1.165, 1.54) is 16.4 Å². The highest BCUT2D eigenvalue weighted by molar-refractivity contribution is 7.92. The molecule has 3 rings (SSSR count). The molecule has 0 radical (unpaired) electrons. The molecule has 1 amide bonds. The first-order chi connectivity index (χ1) is 18.4. The highest BCUT2D eigenvalue weighted by Gasteiger charge is 2.23. The molecule has 0 bridgehead atoms. The third kappa shape index (κ3) is 9.12. The lowest BCUT2D eigenvalue weighted by Gasteiger charge is -2.25. The average Bonchev–Trinajstić information content (AvgIpc) is 2.87. The number of anilines is 1. The Morgan fingerprint density at radius 1 is 1.13 bits per heavy atom. The monoisotopic (exact) mass is 556 g/mol. The van der Waals surface area contributed by atoms with E-state index in [0.717, 1.165) is 11.8 Å². The third-order valence-corrected chi connectivity index (χ3v) is 7.23. The van der Waals surface area contributed by atoms with Gasteiger partial charge in [-0.1, -0.05) is 49.4 Å². The van der Waals surface area contributed by atoms with E-state index >= 15 is 0 Å². The number of nitrogens with one attached hydrogen (secondary N) is 1. The molecule has 0 saturated carbocycles. The molecule has 0 saturated heterocycles. The Bertz CT molecular complexity index is 1350. The number of sulfonamides is 1. The number of hydrogen-bond donors (Lipinski definition) is 2. The van der Waals surface area contributed by atoms with Gasteiger partial charge in [0, 0.05) is 12.1 Å². The molecule has 0 spiro atoms. The molecule has 2 atom stereocenters. The van der Waals surface area contributed by atoms with E-state index < -0.39 is 27.5 Å². The van der Waals surface area contributed by atoms with Crippen molar-refractivity contribution in [1.82, 2.24) is 10.3 Å². The number of halogens is 1. The zero-order chi connectivity index (χ0) is 28.6. The van der Waals surface area contributed by atoms with E-state index in [4.69, 9.17) is 10.5 Å². The van der Waals surface area contributed by atoms with Crippen LogP contribution < -0.4 is 15.4 Å². The summed E-state index contributed by atoms with van der Waals surface area (Å²) in [6, 6.07) is 18.5. The number of nitrogens with zero attached hydrogens (tertiary/aromatic N) is 2. The number of hydrogen-bond acceptors (Lipinski definition) is 6. The normalized spacial score (nSPS) is 13.9. The average molecular weight is 557 g/mol. The van der Waals surface area contributed by atoms with Gasteiger partial charge in [-0.15, -0.1) is 0 Å². The molecule has 3 aromatic rings. The van der Waals surface area contributed by atoms with Gasteiger partial charge in [-0.3, -0.25) is 9.10 Å². The molecular weight excluding hydrogens is 519 g/mol. The lowest BCUT2D eigenvalue weighted by atomic mass is 9.95. The van der Waals surface area contributed by atoms with Crippen molar-refractivity contribution in [3.05, 3.63) is 94.9 Å². The number of ether oxygens (including phenoxy) is 1. The smallest absolute Gasteiger partial charge is 0.270 e. The fourth-order valence-electron chi connectivity index (χ4n) is 4.17. The van der Waals surface area contributed by atoms with E-state index in [0.29, 0.717) is 24.0 Å². The topological polar surface area (TPSA) is 115 Å². The zero-order valence-electron chi connectivity index (χ0n) is 22.9. The number of aromatic nitrogens is 1. The van der Waals surface area contributed by atoms with Gasteiger partial charge in [0.1, 0.15) is 17.3 Å². The Morgan fingerprint density at radius 3 is 2.41 bits per heavy atom. The molecule has 1 aromatic heterocycles. The van der Waals surface area contributed by atoms with Crippen LogP contribution in [0.5, 0.6) is 0 Å². The number of carbonyl (C=O) groups excluding carboxylic acids is 1. The van der Waals surface area contributed by atoms with Gasteiger partial charge in [0.15, 0.2) is 0 Å². The fourth-order valence-corrected chi connectivity index (χ4v) is 5.12. The Kier molecular flexibility index (Phi) is 10.2. The lowest BCUT2D eigenvalue weighted by Crippen LogP contribution is -2.43. The highest BCUT2D eigenvalue weighted by Crippen LogP contribution is 2.21. The molecule has 3 N–H and O–H groups in total. The van der Waals surface area contributed by atoms with Crippen molar-refractivity contribution in [2.75, 3.05) is 23.7 Å². The van der Waals surface area contributed by atoms with Gasteiger partial charge in [0.05, 0.1) is 25.5 Å². The third-order valence-electron chi connectivity index (χ3n) is 6.06. The van der Waals surface area contributed by atoms with Crippen LogP contribution in [0, 0.1) is 5.82 Å². The van der Waals surface area contributed by atoms with Crippen LogP contribution in [0.15, 0.2) is 66.7 Å². The molecule has 2 aromatic carbocycles. The Hall–Kier alpha value is -3.34. The molecule has 10 heteroatoms. The van der Waals surface area contributed by atoms with Crippen molar-refractivity contribution in [2.45, 2.75) is 51.8 Å². The number of carbonyl (C=O) groups is 1. The summed E-state index contributed by atoms with van der Waals surface area (Å²) in [6.45, 7) is 6.09. The van der Waals surface area contributed by atoms with Crippen molar-refractivity contribution in [3.63, 3.8) is 0 Å². The molecular formula is C29H37FN4O4S. The maximum atomic E-state index is 13.3. The van der Waals surface area contributed by atoms with E-state index in [9.17, 15) is 17.6 Å². The van der Waals surface area contributed by atoms with Crippen molar-refractivity contribution in [1.29, 1.82) is 0 Å². The molecule has 8 nitrogen and oxygen atoms in total. The standard InChI is InChI=1S/C29H37FN4O4S/c1-5-15-34(39(4,36)37)27-17-23(19-38-20-29(3,31)18-22-9-7-6-8-10-22)16-26(33-27)28(35)32-21(2)24-11-13-25(30)14-12-24/h6-14,16-17,21H,5,15,18-20,31H2,1-4H3,(H,32,35). The SMILES string of the molecule is CCCN(c1cc(COCC(C)(N)Cc2ccccc2)cc(C(=O)NC(C)c2ccc(F)cc2)n1)S(C)(=O)=O. The minimum absolute atomic E-state index is 0.0459. The minimum Gasteiger partial charge on any atom is -0.375 e. The first-order valence-corrected chi connectivity index (χ1v) is 14.7. The van der Waals surface area contributed by atoms with Gasteiger partial charge < -0.3 is 15.8 Å². The molecule has 0 aliphatic heterocycles. The fraction of sp³-hybridized carbons (Fsp3) is 0.379. The Morgan fingerprint density at radius 2 is 1.79 bits per heavy atom. The van der Waals surface area contributed by atoms with Crippen LogP contribution in [0.4, 0.5) is 10.2 Å². The number of pyridine rings is 1. The second kappa shape index (κ2) is 13.1. The van der Waals surface area contributed by atoms with Crippen molar-refractivity contribution in [2.24, 2.45) is 5.73 Å². The molecule has 1 heterocycles. The summed E-state index contributed by atoms with van der Waals surface area (Å²) in [7, 11) is -3.64. The van der Waals surface area contributed by atoms with Crippen molar-refractivity contribution < 1.29 is 22.3 Å².